The summed E-state index contributed by atoms with van der Waals surface area (Å²) in [4.78, 5) is 17.9. The Hall–Kier alpha value is -1.98. The van der Waals surface area contributed by atoms with Crippen LogP contribution in [0.3, 0.4) is 0 Å². The molecule has 0 fully saturated rings. The maximum atomic E-state index is 12.3. The van der Waals surface area contributed by atoms with Crippen LogP contribution in [0.25, 0.3) is 10.6 Å². The average molecular weight is 314 g/mol. The Kier molecular flexibility index (Phi) is 3.86. The number of aryl methyl sites for hydroxylation is 2. The van der Waals surface area contributed by atoms with Gasteiger partial charge in [-0.2, -0.15) is 0 Å². The number of benzene rings is 1. The van der Waals surface area contributed by atoms with Crippen molar-refractivity contribution < 1.29 is 4.79 Å². The lowest BCUT2D eigenvalue weighted by Gasteiger charge is -2.04. The molecule has 0 saturated heterocycles. The highest BCUT2D eigenvalue weighted by atomic mass is 32.1. The molecule has 0 aliphatic rings. The maximum absolute atomic E-state index is 12.3. The zero-order valence-corrected chi connectivity index (χ0v) is 13.3. The first-order chi connectivity index (χ1) is 10.1. The highest BCUT2D eigenvalue weighted by molar-refractivity contribution is 7.18. The smallest absolute Gasteiger partial charge is 0.256 e. The molecule has 3 nitrogen and oxygen atoms in total. The van der Waals surface area contributed by atoms with Crippen molar-refractivity contribution in [1.82, 2.24) is 4.98 Å². The van der Waals surface area contributed by atoms with Crippen LogP contribution < -0.4 is 5.32 Å². The number of rotatable bonds is 3. The van der Waals surface area contributed by atoms with Crippen molar-refractivity contribution in [2.24, 2.45) is 0 Å². The third-order valence-corrected chi connectivity index (χ3v) is 4.79. The Bertz CT molecular complexity index is 758. The van der Waals surface area contributed by atoms with Crippen LogP contribution in [0.2, 0.25) is 0 Å². The fourth-order valence-electron chi connectivity index (χ4n) is 1.97. The molecule has 3 aromatic rings. The van der Waals surface area contributed by atoms with Gasteiger partial charge in [0.15, 0.2) is 0 Å². The Morgan fingerprint density at radius 2 is 1.90 bits per heavy atom. The maximum Gasteiger partial charge on any atom is 0.256 e. The molecule has 0 saturated carbocycles. The van der Waals surface area contributed by atoms with Gasteiger partial charge in [-0.1, -0.05) is 23.8 Å². The molecule has 2 heterocycles. The molecule has 0 bridgehead atoms. The monoisotopic (exact) mass is 314 g/mol. The van der Waals surface area contributed by atoms with Gasteiger partial charge >= 0.3 is 0 Å². The Labute approximate surface area is 131 Å². The van der Waals surface area contributed by atoms with E-state index in [2.05, 4.69) is 10.3 Å². The Morgan fingerprint density at radius 1 is 1.14 bits per heavy atom. The van der Waals surface area contributed by atoms with Crippen LogP contribution in [0.4, 0.5) is 5.00 Å². The predicted molar refractivity (Wildman–Crippen MR) is 89.3 cm³/mol. The molecule has 1 N–H and O–H groups in total. The van der Waals surface area contributed by atoms with Crippen molar-refractivity contribution in [3.63, 3.8) is 0 Å². The van der Waals surface area contributed by atoms with Gasteiger partial charge in [0.2, 0.25) is 0 Å². The standard InChI is InChI=1S/C16H14N2OS2/c1-10-5-7-12(8-6-10)15(19)18-16-14(17-11(2)21-16)13-4-3-9-20-13/h3-9H,1-2H3,(H,18,19). The van der Waals surface area contributed by atoms with Gasteiger partial charge in [0.25, 0.3) is 5.91 Å². The Balaban J connectivity index is 1.88. The third-order valence-electron chi connectivity index (χ3n) is 3.03. The van der Waals surface area contributed by atoms with Crippen LogP contribution in [-0.2, 0) is 0 Å². The number of amides is 1. The van der Waals surface area contributed by atoms with E-state index in [-0.39, 0.29) is 5.91 Å². The second-order valence-electron chi connectivity index (χ2n) is 4.71. The fraction of sp³-hybridized carbons (Fsp3) is 0.125. The minimum atomic E-state index is -0.101. The zero-order chi connectivity index (χ0) is 14.8. The van der Waals surface area contributed by atoms with E-state index in [1.165, 1.54) is 11.3 Å². The van der Waals surface area contributed by atoms with Crippen LogP contribution >= 0.6 is 22.7 Å². The van der Waals surface area contributed by atoms with E-state index in [9.17, 15) is 4.79 Å². The molecule has 0 atom stereocenters. The predicted octanol–water partition coefficient (Wildman–Crippen LogP) is 4.74. The first kappa shape index (κ1) is 14.0. The molecule has 5 heteroatoms. The SMILES string of the molecule is Cc1ccc(C(=O)Nc2sc(C)nc2-c2cccs2)cc1. The summed E-state index contributed by atoms with van der Waals surface area (Å²) in [6.07, 6.45) is 0. The molecular formula is C16H14N2OS2. The molecule has 3 rings (SSSR count). The molecular weight excluding hydrogens is 300 g/mol. The highest BCUT2D eigenvalue weighted by Crippen LogP contribution is 2.35. The second-order valence-corrected chi connectivity index (χ2v) is 6.86. The van der Waals surface area contributed by atoms with Crippen molar-refractivity contribution >= 4 is 33.6 Å². The van der Waals surface area contributed by atoms with Gasteiger partial charge in [0.1, 0.15) is 10.7 Å². The molecule has 1 amide bonds. The van der Waals surface area contributed by atoms with Gasteiger partial charge in [0, 0.05) is 5.56 Å². The van der Waals surface area contributed by atoms with E-state index in [4.69, 9.17) is 0 Å². The summed E-state index contributed by atoms with van der Waals surface area (Å²) in [7, 11) is 0. The number of aromatic nitrogens is 1. The summed E-state index contributed by atoms with van der Waals surface area (Å²) in [5.74, 6) is -0.101. The molecule has 106 valence electrons. The normalized spacial score (nSPS) is 10.6. The second kappa shape index (κ2) is 5.79. The number of thiazole rings is 1. The molecule has 21 heavy (non-hydrogen) atoms. The van der Waals surface area contributed by atoms with Crippen LogP contribution in [0, 0.1) is 13.8 Å². The number of hydrogen-bond donors (Lipinski definition) is 1. The molecule has 2 aromatic heterocycles. The number of hydrogen-bond acceptors (Lipinski definition) is 4. The van der Waals surface area contributed by atoms with E-state index in [0.29, 0.717) is 5.56 Å². The van der Waals surface area contributed by atoms with Crippen molar-refractivity contribution in [2.75, 3.05) is 5.32 Å². The number of thiophene rings is 1. The van der Waals surface area contributed by atoms with Gasteiger partial charge in [-0.15, -0.1) is 22.7 Å². The van der Waals surface area contributed by atoms with Crippen LogP contribution in [0.15, 0.2) is 41.8 Å². The molecule has 0 unspecified atom stereocenters. The number of anilines is 1. The van der Waals surface area contributed by atoms with E-state index in [1.54, 1.807) is 11.3 Å². The third kappa shape index (κ3) is 3.04. The molecule has 0 aliphatic heterocycles. The summed E-state index contributed by atoms with van der Waals surface area (Å²) in [5.41, 5.74) is 2.65. The van der Waals surface area contributed by atoms with Crippen molar-refractivity contribution in [3.8, 4) is 10.6 Å². The van der Waals surface area contributed by atoms with Crippen LogP contribution in [0.5, 0.6) is 0 Å². The fourth-order valence-corrected chi connectivity index (χ4v) is 3.59. The van der Waals surface area contributed by atoms with Crippen LogP contribution in [-0.4, -0.2) is 10.9 Å². The Morgan fingerprint density at radius 3 is 2.57 bits per heavy atom. The molecule has 1 aromatic carbocycles. The zero-order valence-electron chi connectivity index (χ0n) is 11.7. The largest absolute Gasteiger partial charge is 0.312 e. The van der Waals surface area contributed by atoms with E-state index in [1.807, 2.05) is 55.6 Å². The number of nitrogens with one attached hydrogen (secondary N) is 1. The lowest BCUT2D eigenvalue weighted by atomic mass is 10.1. The number of carbonyl (C=O) groups excluding carboxylic acids is 1. The van der Waals surface area contributed by atoms with E-state index < -0.39 is 0 Å². The van der Waals surface area contributed by atoms with Crippen molar-refractivity contribution in [2.45, 2.75) is 13.8 Å². The lowest BCUT2D eigenvalue weighted by Crippen LogP contribution is -2.11. The summed E-state index contributed by atoms with van der Waals surface area (Å²) in [5, 5.41) is 6.74. The van der Waals surface area contributed by atoms with E-state index >= 15 is 0 Å². The quantitative estimate of drug-likeness (QED) is 0.758. The first-order valence-corrected chi connectivity index (χ1v) is 8.22. The van der Waals surface area contributed by atoms with Gasteiger partial charge in [-0.25, -0.2) is 4.98 Å². The van der Waals surface area contributed by atoms with Crippen molar-refractivity contribution in [1.29, 1.82) is 0 Å². The topological polar surface area (TPSA) is 42.0 Å². The van der Waals surface area contributed by atoms with Gasteiger partial charge < -0.3 is 5.32 Å². The lowest BCUT2D eigenvalue weighted by molar-refractivity contribution is 0.102. The first-order valence-electron chi connectivity index (χ1n) is 6.53. The number of carbonyl (C=O) groups is 1. The van der Waals surface area contributed by atoms with Crippen molar-refractivity contribution in [3.05, 3.63) is 57.9 Å². The summed E-state index contributed by atoms with van der Waals surface area (Å²) in [6.45, 7) is 3.95. The minimum Gasteiger partial charge on any atom is -0.312 e. The minimum absolute atomic E-state index is 0.101. The average Bonchev–Trinajstić information content (AvgIpc) is 3.09. The summed E-state index contributed by atoms with van der Waals surface area (Å²) in [6, 6.07) is 11.5. The summed E-state index contributed by atoms with van der Waals surface area (Å²) >= 11 is 3.12. The molecule has 0 aliphatic carbocycles. The molecule has 0 radical (unpaired) electrons. The van der Waals surface area contributed by atoms with Crippen LogP contribution in [0.1, 0.15) is 20.9 Å². The van der Waals surface area contributed by atoms with Gasteiger partial charge in [-0.3, -0.25) is 4.79 Å². The van der Waals surface area contributed by atoms with Gasteiger partial charge in [-0.05, 0) is 37.4 Å². The highest BCUT2D eigenvalue weighted by Gasteiger charge is 2.15. The molecule has 0 spiro atoms. The van der Waals surface area contributed by atoms with E-state index in [0.717, 1.165) is 26.1 Å². The number of nitrogens with zero attached hydrogens (tertiary/aromatic N) is 1. The van der Waals surface area contributed by atoms with Gasteiger partial charge in [0.05, 0.1) is 9.88 Å². The summed E-state index contributed by atoms with van der Waals surface area (Å²) < 4.78 is 0.